The highest BCUT2D eigenvalue weighted by Gasteiger charge is 2.32. The van der Waals surface area contributed by atoms with Crippen LogP contribution in [0.4, 0.5) is 13.2 Å². The lowest BCUT2D eigenvalue weighted by Gasteiger charge is -2.19. The summed E-state index contributed by atoms with van der Waals surface area (Å²) >= 11 is 1.39. The lowest BCUT2D eigenvalue weighted by Crippen LogP contribution is -2.18. The number of benzene rings is 1. The van der Waals surface area contributed by atoms with E-state index in [9.17, 15) is 18.4 Å². The highest BCUT2D eigenvalue weighted by Crippen LogP contribution is 2.33. The van der Waals surface area contributed by atoms with Crippen molar-refractivity contribution in [3.8, 4) is 11.9 Å². The molecule has 1 aromatic heterocycles. The molecule has 0 aliphatic rings. The smallest absolute Gasteiger partial charge is 0.416 e. The molecule has 2 aromatic rings. The van der Waals surface area contributed by atoms with Crippen LogP contribution in [0, 0.1) is 11.5 Å². The summed E-state index contributed by atoms with van der Waals surface area (Å²) in [5, 5.41) is 9.21. The second-order valence-corrected chi connectivity index (χ2v) is 8.90. The van der Waals surface area contributed by atoms with Crippen LogP contribution in [-0.4, -0.2) is 16.4 Å². The summed E-state index contributed by atoms with van der Waals surface area (Å²) in [6, 6.07) is 3.12. The molecule has 0 saturated heterocycles. The predicted molar refractivity (Wildman–Crippen MR) is 116 cm³/mol. The maximum absolute atomic E-state index is 13.3. The standard InChI is InChI=1S/C22H27F3N4OS/c1-6-8-9-15-13-29(21(3,4)5)31-20(15)28-19(27-14-26)17-12-16(22(23,24)25)10-11-18(17)30-7-2/h10-13H,6-9H2,1-5H3/b27-19?,28-20-. The minimum atomic E-state index is -4.54. The van der Waals surface area contributed by atoms with Crippen molar-refractivity contribution in [3.63, 3.8) is 0 Å². The van der Waals surface area contributed by atoms with Crippen LogP contribution < -0.4 is 9.41 Å². The largest absolute Gasteiger partial charge is 0.493 e. The van der Waals surface area contributed by atoms with Gasteiger partial charge >= 0.3 is 6.18 Å². The third kappa shape index (κ3) is 6.44. The summed E-state index contributed by atoms with van der Waals surface area (Å²) in [6.45, 7) is 10.2. The molecule has 0 aliphatic heterocycles. The molecule has 0 spiro atoms. The number of unbranched alkanes of at least 4 members (excludes halogenated alkanes) is 1. The number of aliphatic imine (C=N–C) groups is 1. The number of hydrogen-bond donors (Lipinski definition) is 0. The summed E-state index contributed by atoms with van der Waals surface area (Å²) in [4.78, 5) is 8.30. The minimum Gasteiger partial charge on any atom is -0.493 e. The normalized spacial score (nSPS) is 13.4. The molecule has 0 unspecified atom stereocenters. The maximum atomic E-state index is 13.3. The Labute approximate surface area is 184 Å². The van der Waals surface area contributed by atoms with Gasteiger partial charge in [0.2, 0.25) is 6.19 Å². The first kappa shape index (κ1) is 24.7. The number of nitrogens with zero attached hydrogens (tertiary/aromatic N) is 4. The fraction of sp³-hybridized carbons (Fsp3) is 0.500. The van der Waals surface area contributed by atoms with Gasteiger partial charge < -0.3 is 4.74 Å². The van der Waals surface area contributed by atoms with E-state index < -0.39 is 11.7 Å². The highest BCUT2D eigenvalue weighted by atomic mass is 32.1. The summed E-state index contributed by atoms with van der Waals surface area (Å²) < 4.78 is 48.1. The van der Waals surface area contributed by atoms with E-state index in [0.717, 1.165) is 37.0 Å². The van der Waals surface area contributed by atoms with Gasteiger partial charge in [-0.05, 0) is 70.3 Å². The zero-order chi connectivity index (χ0) is 23.2. The molecule has 9 heteroatoms. The zero-order valence-corrected chi connectivity index (χ0v) is 19.2. The van der Waals surface area contributed by atoms with Gasteiger partial charge in [0, 0.05) is 17.3 Å². The molecule has 0 fully saturated rings. The van der Waals surface area contributed by atoms with E-state index in [-0.39, 0.29) is 29.3 Å². The monoisotopic (exact) mass is 452 g/mol. The molecular formula is C22H27F3N4OS. The molecule has 0 bridgehead atoms. The van der Waals surface area contributed by atoms with Gasteiger partial charge in [-0.15, -0.1) is 0 Å². The molecule has 0 atom stereocenters. The van der Waals surface area contributed by atoms with E-state index in [4.69, 9.17) is 4.74 Å². The van der Waals surface area contributed by atoms with E-state index in [0.29, 0.717) is 4.67 Å². The number of nitriles is 1. The van der Waals surface area contributed by atoms with Crippen LogP contribution in [0.25, 0.3) is 0 Å². The van der Waals surface area contributed by atoms with Gasteiger partial charge in [0.25, 0.3) is 0 Å². The van der Waals surface area contributed by atoms with Gasteiger partial charge in [0.1, 0.15) is 10.4 Å². The van der Waals surface area contributed by atoms with Gasteiger partial charge in [0.05, 0.1) is 17.7 Å². The van der Waals surface area contributed by atoms with Gasteiger partial charge in [-0.3, -0.25) is 3.96 Å². The summed E-state index contributed by atoms with van der Waals surface area (Å²) in [5.41, 5.74) is -0.0276. The van der Waals surface area contributed by atoms with Crippen LogP contribution in [0.2, 0.25) is 0 Å². The molecule has 0 N–H and O–H groups in total. The second kappa shape index (κ2) is 10.1. The first-order valence-corrected chi connectivity index (χ1v) is 10.9. The molecular weight excluding hydrogens is 425 g/mol. The first-order chi connectivity index (χ1) is 14.5. The lowest BCUT2D eigenvalue weighted by atomic mass is 10.1. The maximum Gasteiger partial charge on any atom is 0.416 e. The molecule has 0 amide bonds. The number of rotatable bonds is 6. The SMILES string of the molecule is CCCCc1cn(C(C)(C)C)s/c1=N\C(=NC#N)c1cc(C(F)(F)F)ccc1OCC. The van der Waals surface area contributed by atoms with Crippen LogP contribution in [0.1, 0.15) is 64.2 Å². The molecule has 5 nitrogen and oxygen atoms in total. The van der Waals surface area contributed by atoms with Crippen LogP contribution >= 0.6 is 11.5 Å². The topological polar surface area (TPSA) is 62.7 Å². The number of ether oxygens (including phenoxy) is 1. The molecule has 31 heavy (non-hydrogen) atoms. The average Bonchev–Trinajstić information content (AvgIpc) is 3.09. The van der Waals surface area contributed by atoms with E-state index in [1.165, 1.54) is 17.6 Å². The zero-order valence-electron chi connectivity index (χ0n) is 18.4. The highest BCUT2D eigenvalue weighted by molar-refractivity contribution is 7.04. The van der Waals surface area contributed by atoms with Crippen molar-refractivity contribution in [3.05, 3.63) is 45.8 Å². The molecule has 0 radical (unpaired) electrons. The number of aryl methyl sites for hydroxylation is 1. The van der Waals surface area contributed by atoms with Crippen molar-refractivity contribution >= 4 is 17.4 Å². The number of halogens is 3. The van der Waals surface area contributed by atoms with Crippen molar-refractivity contribution < 1.29 is 17.9 Å². The third-order valence-electron chi connectivity index (χ3n) is 4.40. The Kier molecular flexibility index (Phi) is 8.07. The second-order valence-electron chi connectivity index (χ2n) is 7.94. The summed E-state index contributed by atoms with van der Waals surface area (Å²) in [7, 11) is 0. The molecule has 0 saturated carbocycles. The Morgan fingerprint density at radius 3 is 2.48 bits per heavy atom. The molecule has 1 aromatic carbocycles. The average molecular weight is 453 g/mol. The van der Waals surface area contributed by atoms with E-state index in [1.807, 2.05) is 6.20 Å². The molecule has 168 valence electrons. The van der Waals surface area contributed by atoms with Crippen LogP contribution in [0.5, 0.6) is 5.75 Å². The van der Waals surface area contributed by atoms with E-state index >= 15 is 0 Å². The molecule has 0 aliphatic carbocycles. The van der Waals surface area contributed by atoms with Crippen molar-refractivity contribution in [1.29, 1.82) is 5.26 Å². The Morgan fingerprint density at radius 2 is 1.94 bits per heavy atom. The quantitative estimate of drug-likeness (QED) is 0.311. The minimum absolute atomic E-state index is 0.0374. The Hall–Kier alpha value is -2.60. The first-order valence-electron chi connectivity index (χ1n) is 10.1. The van der Waals surface area contributed by atoms with Crippen molar-refractivity contribution in [2.75, 3.05) is 6.61 Å². The van der Waals surface area contributed by atoms with Crippen molar-refractivity contribution in [2.45, 2.75) is 65.6 Å². The van der Waals surface area contributed by atoms with Gasteiger partial charge in [0.15, 0.2) is 5.84 Å². The Bertz CT molecular complexity index is 1040. The van der Waals surface area contributed by atoms with Crippen LogP contribution in [0.3, 0.4) is 0 Å². The van der Waals surface area contributed by atoms with E-state index in [1.54, 1.807) is 13.1 Å². The number of hydrogen-bond acceptors (Lipinski definition) is 4. The Morgan fingerprint density at radius 1 is 1.23 bits per heavy atom. The van der Waals surface area contributed by atoms with Gasteiger partial charge in [-0.1, -0.05) is 13.3 Å². The van der Waals surface area contributed by atoms with Crippen molar-refractivity contribution in [2.24, 2.45) is 9.98 Å². The summed E-state index contributed by atoms with van der Waals surface area (Å²) in [6.07, 6.45) is 1.85. The van der Waals surface area contributed by atoms with E-state index in [2.05, 4.69) is 41.6 Å². The number of aromatic nitrogens is 1. The fourth-order valence-corrected chi connectivity index (χ4v) is 3.83. The molecule has 2 rings (SSSR count). The predicted octanol–water partition coefficient (Wildman–Crippen LogP) is 5.89. The van der Waals surface area contributed by atoms with Crippen molar-refractivity contribution in [1.82, 2.24) is 3.96 Å². The Balaban J connectivity index is 2.73. The number of alkyl halides is 3. The molecule has 1 heterocycles. The summed E-state index contributed by atoms with van der Waals surface area (Å²) in [5.74, 6) is 0.0984. The fourth-order valence-electron chi connectivity index (χ4n) is 2.79. The number of amidine groups is 1. The van der Waals surface area contributed by atoms with Crippen LogP contribution in [0.15, 0.2) is 34.4 Å². The van der Waals surface area contributed by atoms with Gasteiger partial charge in [-0.2, -0.15) is 23.4 Å². The van der Waals surface area contributed by atoms with Crippen LogP contribution in [-0.2, 0) is 18.1 Å². The lowest BCUT2D eigenvalue weighted by molar-refractivity contribution is -0.137. The third-order valence-corrected chi connectivity index (χ3v) is 5.78. The van der Waals surface area contributed by atoms with Gasteiger partial charge in [-0.25, -0.2) is 4.99 Å².